The second-order valence-electron chi connectivity index (χ2n) is 4.35. The molecule has 1 fully saturated rings. The lowest BCUT2D eigenvalue weighted by Gasteiger charge is -2.13. The number of carbonyl (C=O) groups excluding carboxylic acids is 1. The third kappa shape index (κ3) is 3.76. The molecule has 3 heteroatoms. The van der Waals surface area contributed by atoms with Gasteiger partial charge in [-0.15, -0.1) is 0 Å². The molecule has 1 aliphatic carbocycles. The number of hydrogen-bond donors (Lipinski definition) is 1. The van der Waals surface area contributed by atoms with Crippen molar-refractivity contribution in [2.75, 3.05) is 13.7 Å². The number of rotatable bonds is 7. The van der Waals surface area contributed by atoms with E-state index in [0.29, 0.717) is 24.7 Å². The highest BCUT2D eigenvalue weighted by Gasteiger charge is 2.30. The average Bonchev–Trinajstić information content (AvgIpc) is 2.96. The summed E-state index contributed by atoms with van der Waals surface area (Å²) in [5.41, 5.74) is 5.89. The van der Waals surface area contributed by atoms with Gasteiger partial charge in [0.2, 0.25) is 0 Å². The summed E-state index contributed by atoms with van der Waals surface area (Å²) in [5.74, 6) is 1.01. The van der Waals surface area contributed by atoms with Gasteiger partial charge in [0, 0.05) is 32.1 Å². The molecule has 0 spiro atoms. The third-order valence-electron chi connectivity index (χ3n) is 2.97. The van der Waals surface area contributed by atoms with Crippen molar-refractivity contribution in [3.8, 4) is 0 Å². The van der Waals surface area contributed by atoms with E-state index in [0.717, 1.165) is 6.42 Å². The quantitative estimate of drug-likeness (QED) is 0.673. The van der Waals surface area contributed by atoms with Gasteiger partial charge in [0.1, 0.15) is 5.78 Å². The highest BCUT2D eigenvalue weighted by Crippen LogP contribution is 2.33. The van der Waals surface area contributed by atoms with Gasteiger partial charge in [0.25, 0.3) is 0 Å². The van der Waals surface area contributed by atoms with Crippen molar-refractivity contribution >= 4 is 5.78 Å². The van der Waals surface area contributed by atoms with E-state index in [2.05, 4.69) is 0 Å². The Kier molecular flexibility index (Phi) is 4.55. The lowest BCUT2D eigenvalue weighted by Crippen LogP contribution is -2.28. The Hall–Kier alpha value is -0.410. The summed E-state index contributed by atoms with van der Waals surface area (Å²) in [6, 6.07) is 0.104. The molecule has 82 valence electrons. The fraction of sp³-hybridized carbons (Fsp3) is 0.909. The number of Topliss-reactive ketones (excluding diaryl/α,β-unsaturated/α-hetero) is 1. The summed E-state index contributed by atoms with van der Waals surface area (Å²) in [4.78, 5) is 11.7. The van der Waals surface area contributed by atoms with Crippen molar-refractivity contribution < 1.29 is 9.53 Å². The normalized spacial score (nSPS) is 20.5. The van der Waals surface area contributed by atoms with Crippen LogP contribution >= 0.6 is 0 Å². The first-order valence-electron chi connectivity index (χ1n) is 5.42. The van der Waals surface area contributed by atoms with Crippen LogP contribution in [0.3, 0.4) is 0 Å². The molecular weight excluding hydrogens is 178 g/mol. The maximum atomic E-state index is 11.7. The zero-order valence-corrected chi connectivity index (χ0v) is 9.16. The maximum absolute atomic E-state index is 11.7. The molecule has 14 heavy (non-hydrogen) atoms. The minimum absolute atomic E-state index is 0.0970. The van der Waals surface area contributed by atoms with E-state index >= 15 is 0 Å². The topological polar surface area (TPSA) is 52.3 Å². The molecule has 1 saturated carbocycles. The van der Waals surface area contributed by atoms with E-state index < -0.39 is 0 Å². The van der Waals surface area contributed by atoms with Gasteiger partial charge >= 0.3 is 0 Å². The molecule has 0 aromatic carbocycles. The van der Waals surface area contributed by atoms with Crippen LogP contribution in [-0.4, -0.2) is 25.5 Å². The summed E-state index contributed by atoms with van der Waals surface area (Å²) in [6.45, 7) is 2.62. The first kappa shape index (κ1) is 11.7. The van der Waals surface area contributed by atoms with Gasteiger partial charge in [0.05, 0.1) is 0 Å². The van der Waals surface area contributed by atoms with E-state index in [-0.39, 0.29) is 12.0 Å². The van der Waals surface area contributed by atoms with Crippen molar-refractivity contribution in [1.29, 1.82) is 0 Å². The molecule has 1 rings (SSSR count). The van der Waals surface area contributed by atoms with Crippen LogP contribution in [0.2, 0.25) is 0 Å². The number of hydrogen-bond acceptors (Lipinski definition) is 3. The SMILES string of the molecule is COCCC(C)C(=O)CC(N)C1CC1. The first-order valence-corrected chi connectivity index (χ1v) is 5.42. The highest BCUT2D eigenvalue weighted by atomic mass is 16.5. The maximum Gasteiger partial charge on any atom is 0.137 e. The molecule has 3 nitrogen and oxygen atoms in total. The van der Waals surface area contributed by atoms with E-state index in [9.17, 15) is 4.79 Å². The molecule has 0 heterocycles. The van der Waals surface area contributed by atoms with Gasteiger partial charge in [-0.2, -0.15) is 0 Å². The Bertz CT molecular complexity index is 190. The van der Waals surface area contributed by atoms with E-state index in [1.165, 1.54) is 12.8 Å². The van der Waals surface area contributed by atoms with E-state index in [1.807, 2.05) is 6.92 Å². The molecule has 0 radical (unpaired) electrons. The molecule has 0 aromatic rings. The van der Waals surface area contributed by atoms with Crippen LogP contribution in [0.15, 0.2) is 0 Å². The fourth-order valence-electron chi connectivity index (χ4n) is 1.58. The van der Waals surface area contributed by atoms with Crippen LogP contribution < -0.4 is 5.73 Å². The van der Waals surface area contributed by atoms with Crippen molar-refractivity contribution in [2.24, 2.45) is 17.6 Å². The Morgan fingerprint density at radius 1 is 1.57 bits per heavy atom. The number of ether oxygens (including phenoxy) is 1. The van der Waals surface area contributed by atoms with Crippen molar-refractivity contribution in [2.45, 2.75) is 38.6 Å². The molecular formula is C11H21NO2. The largest absolute Gasteiger partial charge is 0.385 e. The standard InChI is InChI=1S/C11H21NO2/c1-8(5-6-14-2)11(13)7-10(12)9-3-4-9/h8-10H,3-7,12H2,1-2H3. The fourth-order valence-corrected chi connectivity index (χ4v) is 1.58. The van der Waals surface area contributed by atoms with Crippen LogP contribution in [0.1, 0.15) is 32.6 Å². The van der Waals surface area contributed by atoms with Crippen molar-refractivity contribution in [3.63, 3.8) is 0 Å². The summed E-state index contributed by atoms with van der Waals surface area (Å²) in [5, 5.41) is 0. The molecule has 0 saturated heterocycles. The number of nitrogens with two attached hydrogens (primary N) is 1. The Labute approximate surface area is 86.0 Å². The second kappa shape index (κ2) is 5.47. The smallest absolute Gasteiger partial charge is 0.137 e. The van der Waals surface area contributed by atoms with E-state index in [1.54, 1.807) is 7.11 Å². The Morgan fingerprint density at radius 3 is 2.71 bits per heavy atom. The predicted octanol–water partition coefficient (Wildman–Crippen LogP) is 1.36. The van der Waals surface area contributed by atoms with Gasteiger partial charge < -0.3 is 10.5 Å². The predicted molar refractivity (Wildman–Crippen MR) is 56.0 cm³/mol. The lowest BCUT2D eigenvalue weighted by atomic mass is 9.96. The van der Waals surface area contributed by atoms with Crippen molar-refractivity contribution in [1.82, 2.24) is 0 Å². The van der Waals surface area contributed by atoms with Gasteiger partial charge in [-0.1, -0.05) is 6.92 Å². The van der Waals surface area contributed by atoms with Crippen LogP contribution in [0, 0.1) is 11.8 Å². The van der Waals surface area contributed by atoms with Gasteiger partial charge in [-0.3, -0.25) is 4.79 Å². The average molecular weight is 199 g/mol. The third-order valence-corrected chi connectivity index (χ3v) is 2.97. The monoisotopic (exact) mass is 199 g/mol. The first-order chi connectivity index (χ1) is 6.65. The van der Waals surface area contributed by atoms with Gasteiger partial charge in [-0.25, -0.2) is 0 Å². The Morgan fingerprint density at radius 2 is 2.21 bits per heavy atom. The van der Waals surface area contributed by atoms with Gasteiger partial charge in [0.15, 0.2) is 0 Å². The molecule has 2 unspecified atom stereocenters. The molecule has 2 N–H and O–H groups in total. The Balaban J connectivity index is 2.18. The summed E-state index contributed by atoms with van der Waals surface area (Å²) in [7, 11) is 1.66. The van der Waals surface area contributed by atoms with Crippen LogP contribution in [0.4, 0.5) is 0 Å². The van der Waals surface area contributed by atoms with Crippen LogP contribution in [0.5, 0.6) is 0 Å². The summed E-state index contributed by atoms with van der Waals surface area (Å²) in [6.07, 6.45) is 3.78. The zero-order valence-electron chi connectivity index (χ0n) is 9.16. The van der Waals surface area contributed by atoms with Crippen LogP contribution in [-0.2, 0) is 9.53 Å². The molecule has 0 aromatic heterocycles. The zero-order chi connectivity index (χ0) is 10.6. The van der Waals surface area contributed by atoms with Gasteiger partial charge in [-0.05, 0) is 25.2 Å². The van der Waals surface area contributed by atoms with Crippen molar-refractivity contribution in [3.05, 3.63) is 0 Å². The number of carbonyl (C=O) groups is 1. The highest BCUT2D eigenvalue weighted by molar-refractivity contribution is 5.81. The summed E-state index contributed by atoms with van der Waals surface area (Å²) >= 11 is 0. The molecule has 1 aliphatic rings. The minimum Gasteiger partial charge on any atom is -0.385 e. The molecule has 0 aliphatic heterocycles. The number of ketones is 1. The lowest BCUT2D eigenvalue weighted by molar-refractivity contribution is -0.123. The van der Waals surface area contributed by atoms with E-state index in [4.69, 9.17) is 10.5 Å². The summed E-state index contributed by atoms with van der Waals surface area (Å²) < 4.78 is 4.94. The number of methoxy groups -OCH3 is 1. The molecule has 0 bridgehead atoms. The minimum atomic E-state index is 0.0970. The molecule has 0 amide bonds. The van der Waals surface area contributed by atoms with Crippen LogP contribution in [0.25, 0.3) is 0 Å². The molecule has 2 atom stereocenters. The second-order valence-corrected chi connectivity index (χ2v) is 4.35.